The van der Waals surface area contributed by atoms with Crippen LogP contribution in [0.3, 0.4) is 0 Å². The topological polar surface area (TPSA) is 75.2 Å². The van der Waals surface area contributed by atoms with Gasteiger partial charge in [0.1, 0.15) is 5.82 Å². The van der Waals surface area contributed by atoms with Crippen molar-refractivity contribution in [2.45, 2.75) is 32.9 Å². The largest absolute Gasteiger partial charge is 0.355 e. The molecule has 0 amide bonds. The van der Waals surface area contributed by atoms with Gasteiger partial charge < -0.3 is 10.2 Å². The zero-order valence-electron chi connectivity index (χ0n) is 14.9. The number of aromatic nitrogens is 2. The Morgan fingerprint density at radius 1 is 1.20 bits per heavy atom. The molecule has 3 rings (SSSR count). The van der Waals surface area contributed by atoms with Crippen LogP contribution in [-0.4, -0.2) is 43.0 Å². The lowest BCUT2D eigenvalue weighted by Gasteiger charge is -2.25. The standard InChI is InChI=1S/C18H24N4O2S/c1-13-4-6-15(7-5-13)11-19-18-20-14(2)10-17(21-18)22(3)16-8-9-25(23,24)12-16/h4-7,10,16H,8-9,11-12H2,1-3H3,(H,19,20,21). The molecular weight excluding hydrogens is 336 g/mol. The number of anilines is 2. The molecule has 0 aliphatic carbocycles. The lowest BCUT2D eigenvalue weighted by molar-refractivity contribution is 0.600. The Labute approximate surface area is 149 Å². The summed E-state index contributed by atoms with van der Waals surface area (Å²) in [4.78, 5) is 11.0. The van der Waals surface area contributed by atoms with Gasteiger partial charge in [-0.25, -0.2) is 13.4 Å². The van der Waals surface area contributed by atoms with Gasteiger partial charge in [-0.1, -0.05) is 29.8 Å². The third-order valence-electron chi connectivity index (χ3n) is 4.53. The minimum absolute atomic E-state index is 0.0238. The van der Waals surface area contributed by atoms with Crippen LogP contribution < -0.4 is 10.2 Å². The molecule has 2 heterocycles. The molecule has 134 valence electrons. The molecule has 1 saturated heterocycles. The maximum Gasteiger partial charge on any atom is 0.225 e. The van der Waals surface area contributed by atoms with Crippen molar-refractivity contribution in [1.82, 2.24) is 9.97 Å². The minimum Gasteiger partial charge on any atom is -0.355 e. The van der Waals surface area contributed by atoms with Crippen LogP contribution in [0.4, 0.5) is 11.8 Å². The van der Waals surface area contributed by atoms with E-state index in [0.29, 0.717) is 18.9 Å². The highest BCUT2D eigenvalue weighted by atomic mass is 32.2. The molecule has 0 spiro atoms. The second kappa shape index (κ2) is 7.00. The van der Waals surface area contributed by atoms with Crippen LogP contribution in [0, 0.1) is 13.8 Å². The van der Waals surface area contributed by atoms with Gasteiger partial charge in [0.25, 0.3) is 0 Å². The second-order valence-electron chi connectivity index (χ2n) is 6.70. The van der Waals surface area contributed by atoms with E-state index < -0.39 is 9.84 Å². The Balaban J connectivity index is 1.72. The Morgan fingerprint density at radius 2 is 1.92 bits per heavy atom. The van der Waals surface area contributed by atoms with Gasteiger partial charge in [-0.15, -0.1) is 0 Å². The first-order valence-corrected chi connectivity index (χ1v) is 10.2. The van der Waals surface area contributed by atoms with Crippen LogP contribution in [-0.2, 0) is 16.4 Å². The van der Waals surface area contributed by atoms with Crippen LogP contribution >= 0.6 is 0 Å². The summed E-state index contributed by atoms with van der Waals surface area (Å²) in [6.45, 7) is 4.62. The summed E-state index contributed by atoms with van der Waals surface area (Å²) in [5.74, 6) is 1.76. The monoisotopic (exact) mass is 360 g/mol. The van der Waals surface area contributed by atoms with Gasteiger partial charge in [-0.2, -0.15) is 4.98 Å². The van der Waals surface area contributed by atoms with Gasteiger partial charge in [-0.05, 0) is 25.8 Å². The molecule has 0 radical (unpaired) electrons. The van der Waals surface area contributed by atoms with E-state index in [1.165, 1.54) is 5.56 Å². The van der Waals surface area contributed by atoms with Gasteiger partial charge in [0.05, 0.1) is 11.5 Å². The van der Waals surface area contributed by atoms with Gasteiger partial charge in [0.2, 0.25) is 5.95 Å². The quantitative estimate of drug-likeness (QED) is 0.882. The summed E-state index contributed by atoms with van der Waals surface area (Å²) < 4.78 is 23.4. The third-order valence-corrected chi connectivity index (χ3v) is 6.28. The van der Waals surface area contributed by atoms with Gasteiger partial charge >= 0.3 is 0 Å². The molecule has 1 atom stereocenters. The molecule has 2 aromatic rings. The number of nitrogens with zero attached hydrogens (tertiary/aromatic N) is 3. The summed E-state index contributed by atoms with van der Waals surface area (Å²) >= 11 is 0. The van der Waals surface area contributed by atoms with Crippen LogP contribution in [0.1, 0.15) is 23.2 Å². The third kappa shape index (κ3) is 4.48. The highest BCUT2D eigenvalue weighted by molar-refractivity contribution is 7.91. The molecule has 6 nitrogen and oxygen atoms in total. The molecule has 0 saturated carbocycles. The zero-order valence-corrected chi connectivity index (χ0v) is 15.7. The summed E-state index contributed by atoms with van der Waals surface area (Å²) in [6, 6.07) is 10.2. The van der Waals surface area contributed by atoms with Crippen LogP contribution in [0.2, 0.25) is 0 Å². The summed E-state index contributed by atoms with van der Waals surface area (Å²) in [5, 5.41) is 3.26. The van der Waals surface area contributed by atoms with Crippen molar-refractivity contribution in [1.29, 1.82) is 0 Å². The molecule has 1 fully saturated rings. The molecule has 0 bridgehead atoms. The second-order valence-corrected chi connectivity index (χ2v) is 8.93. The lowest BCUT2D eigenvalue weighted by Crippen LogP contribution is -2.33. The van der Waals surface area contributed by atoms with E-state index in [1.54, 1.807) is 0 Å². The molecule has 1 aliphatic rings. The predicted molar refractivity (Wildman–Crippen MR) is 101 cm³/mol. The first-order chi connectivity index (χ1) is 11.8. The molecular formula is C18H24N4O2S. The minimum atomic E-state index is -2.92. The summed E-state index contributed by atoms with van der Waals surface area (Å²) in [6.07, 6.45) is 0.647. The molecule has 25 heavy (non-hydrogen) atoms. The Morgan fingerprint density at radius 3 is 2.56 bits per heavy atom. The number of benzene rings is 1. The Kier molecular flexibility index (Phi) is 4.94. The number of hydrogen-bond acceptors (Lipinski definition) is 6. The lowest BCUT2D eigenvalue weighted by atomic mass is 10.1. The first-order valence-electron chi connectivity index (χ1n) is 8.41. The zero-order chi connectivity index (χ0) is 18.0. The van der Waals surface area contributed by atoms with Crippen LogP contribution in [0.25, 0.3) is 0 Å². The fraction of sp³-hybridized carbons (Fsp3) is 0.444. The van der Waals surface area contributed by atoms with Crippen molar-refractivity contribution in [3.63, 3.8) is 0 Å². The number of hydrogen-bond donors (Lipinski definition) is 1. The van der Waals surface area contributed by atoms with Gasteiger partial charge in [-0.3, -0.25) is 0 Å². The smallest absolute Gasteiger partial charge is 0.225 e. The molecule has 1 aromatic heterocycles. The van der Waals surface area contributed by atoms with Gasteiger partial charge in [0, 0.05) is 31.4 Å². The van der Waals surface area contributed by atoms with Crippen molar-refractivity contribution >= 4 is 21.6 Å². The Bertz CT molecular complexity index is 850. The maximum atomic E-state index is 11.7. The van der Waals surface area contributed by atoms with Crippen LogP contribution in [0.15, 0.2) is 30.3 Å². The van der Waals surface area contributed by atoms with Crippen molar-refractivity contribution in [3.8, 4) is 0 Å². The average molecular weight is 360 g/mol. The number of rotatable bonds is 5. The van der Waals surface area contributed by atoms with E-state index in [1.807, 2.05) is 24.9 Å². The fourth-order valence-corrected chi connectivity index (χ4v) is 4.74. The van der Waals surface area contributed by atoms with E-state index in [0.717, 1.165) is 17.1 Å². The maximum absolute atomic E-state index is 11.7. The predicted octanol–water partition coefficient (Wildman–Crippen LogP) is 2.33. The normalized spacial score (nSPS) is 18.9. The molecule has 1 unspecified atom stereocenters. The van der Waals surface area contributed by atoms with E-state index in [-0.39, 0.29) is 17.5 Å². The molecule has 1 aliphatic heterocycles. The van der Waals surface area contributed by atoms with Crippen molar-refractivity contribution in [2.24, 2.45) is 0 Å². The SMILES string of the molecule is Cc1ccc(CNc2nc(C)cc(N(C)C3CCS(=O)(=O)C3)n2)cc1. The van der Waals surface area contributed by atoms with E-state index in [2.05, 4.69) is 46.5 Å². The van der Waals surface area contributed by atoms with Crippen molar-refractivity contribution in [2.75, 3.05) is 28.8 Å². The van der Waals surface area contributed by atoms with Crippen molar-refractivity contribution < 1.29 is 8.42 Å². The van der Waals surface area contributed by atoms with E-state index in [4.69, 9.17) is 0 Å². The number of aryl methyl sites for hydroxylation is 2. The van der Waals surface area contributed by atoms with E-state index in [9.17, 15) is 8.42 Å². The average Bonchev–Trinajstić information content (AvgIpc) is 2.93. The summed E-state index contributed by atoms with van der Waals surface area (Å²) in [7, 11) is -1.02. The molecule has 1 aromatic carbocycles. The molecule has 7 heteroatoms. The molecule has 1 N–H and O–H groups in total. The fourth-order valence-electron chi connectivity index (χ4n) is 2.97. The summed E-state index contributed by atoms with van der Waals surface area (Å²) in [5.41, 5.74) is 3.24. The number of nitrogens with one attached hydrogen (secondary N) is 1. The highest BCUT2D eigenvalue weighted by Gasteiger charge is 2.31. The van der Waals surface area contributed by atoms with Gasteiger partial charge in [0.15, 0.2) is 9.84 Å². The number of sulfone groups is 1. The van der Waals surface area contributed by atoms with Crippen LogP contribution in [0.5, 0.6) is 0 Å². The first kappa shape index (κ1) is 17.7. The highest BCUT2D eigenvalue weighted by Crippen LogP contribution is 2.23. The van der Waals surface area contributed by atoms with Crippen molar-refractivity contribution in [3.05, 3.63) is 47.2 Å². The van der Waals surface area contributed by atoms with E-state index >= 15 is 0 Å². The Hall–Kier alpha value is -2.15.